The average molecular weight is 257 g/mol. The van der Waals surface area contributed by atoms with Crippen LogP contribution in [0.1, 0.15) is 20.7 Å². The molecule has 1 aromatic carbocycles. The molecule has 0 spiro atoms. The molecule has 4 nitrogen and oxygen atoms in total. The standard InChI is InChI=1S/C8H6BBrO4/c9-5-1-4(8(13)14)6(10)2-3(5)7(11)12/h1-2H,9H2,(H,11,12)(H,13,14). The smallest absolute Gasteiger partial charge is 0.336 e. The highest BCUT2D eigenvalue weighted by Crippen LogP contribution is 2.17. The molecule has 72 valence electrons. The van der Waals surface area contributed by atoms with E-state index in [0.717, 1.165) is 0 Å². The first kappa shape index (κ1) is 10.8. The summed E-state index contributed by atoms with van der Waals surface area (Å²) in [5.74, 6) is -2.16. The lowest BCUT2D eigenvalue weighted by molar-refractivity contribution is 0.0681. The predicted molar refractivity (Wildman–Crippen MR) is 56.2 cm³/mol. The third-order valence-electron chi connectivity index (χ3n) is 1.77. The SMILES string of the molecule is Bc1cc(C(=O)O)c(Br)cc1C(=O)O. The van der Waals surface area contributed by atoms with Crippen molar-refractivity contribution in [2.45, 2.75) is 0 Å². The predicted octanol–water partition coefficient (Wildman–Crippen LogP) is 0.104. The van der Waals surface area contributed by atoms with Crippen LogP contribution in [-0.4, -0.2) is 30.0 Å². The van der Waals surface area contributed by atoms with Gasteiger partial charge in [0.2, 0.25) is 0 Å². The highest BCUT2D eigenvalue weighted by Gasteiger charge is 2.14. The zero-order valence-electron chi connectivity index (χ0n) is 7.24. The lowest BCUT2D eigenvalue weighted by Crippen LogP contribution is -2.18. The molecule has 1 aromatic rings. The quantitative estimate of drug-likeness (QED) is 0.737. The van der Waals surface area contributed by atoms with Crippen molar-refractivity contribution >= 4 is 41.2 Å². The van der Waals surface area contributed by atoms with Gasteiger partial charge in [0.25, 0.3) is 0 Å². The van der Waals surface area contributed by atoms with E-state index < -0.39 is 11.9 Å². The van der Waals surface area contributed by atoms with E-state index in [0.29, 0.717) is 5.46 Å². The average Bonchev–Trinajstić information content (AvgIpc) is 2.07. The zero-order chi connectivity index (χ0) is 10.9. The van der Waals surface area contributed by atoms with Crippen LogP contribution in [0, 0.1) is 0 Å². The molecule has 14 heavy (non-hydrogen) atoms. The summed E-state index contributed by atoms with van der Waals surface area (Å²) >= 11 is 3.01. The van der Waals surface area contributed by atoms with Crippen LogP contribution in [0.2, 0.25) is 0 Å². The second kappa shape index (κ2) is 3.83. The van der Waals surface area contributed by atoms with Gasteiger partial charge in [0.15, 0.2) is 0 Å². The van der Waals surface area contributed by atoms with Crippen LogP contribution in [0.3, 0.4) is 0 Å². The lowest BCUT2D eigenvalue weighted by atomic mass is 9.89. The van der Waals surface area contributed by atoms with Crippen molar-refractivity contribution in [3.63, 3.8) is 0 Å². The minimum atomic E-state index is -1.09. The van der Waals surface area contributed by atoms with Gasteiger partial charge in [-0.2, -0.15) is 0 Å². The fourth-order valence-corrected chi connectivity index (χ4v) is 1.59. The van der Waals surface area contributed by atoms with Gasteiger partial charge in [-0.3, -0.25) is 0 Å². The van der Waals surface area contributed by atoms with Crippen LogP contribution in [-0.2, 0) is 0 Å². The van der Waals surface area contributed by atoms with Crippen molar-refractivity contribution in [1.29, 1.82) is 0 Å². The zero-order valence-corrected chi connectivity index (χ0v) is 8.83. The van der Waals surface area contributed by atoms with E-state index in [1.165, 1.54) is 12.1 Å². The first-order valence-electron chi connectivity index (χ1n) is 3.70. The number of carboxylic acid groups (broad SMARTS) is 2. The molecule has 1 rings (SSSR count). The molecule has 0 aliphatic carbocycles. The fraction of sp³-hybridized carbons (Fsp3) is 0. The van der Waals surface area contributed by atoms with Crippen molar-refractivity contribution in [3.05, 3.63) is 27.7 Å². The monoisotopic (exact) mass is 256 g/mol. The molecule has 0 radical (unpaired) electrons. The third kappa shape index (κ3) is 1.96. The van der Waals surface area contributed by atoms with Gasteiger partial charge in [-0.25, -0.2) is 9.59 Å². The minimum absolute atomic E-state index is 0.0625. The fourth-order valence-electron chi connectivity index (χ4n) is 1.08. The maximum Gasteiger partial charge on any atom is 0.336 e. The molecule has 0 fully saturated rings. The van der Waals surface area contributed by atoms with E-state index in [9.17, 15) is 9.59 Å². The van der Waals surface area contributed by atoms with Crippen LogP contribution in [0.5, 0.6) is 0 Å². The number of aromatic carboxylic acids is 2. The van der Waals surface area contributed by atoms with Gasteiger partial charge in [0, 0.05) is 4.47 Å². The Hall–Kier alpha value is -1.30. The molecule has 0 aromatic heterocycles. The number of carboxylic acids is 2. The van der Waals surface area contributed by atoms with Crippen molar-refractivity contribution in [2.24, 2.45) is 0 Å². The molecule has 0 saturated heterocycles. The van der Waals surface area contributed by atoms with Crippen LogP contribution in [0.15, 0.2) is 16.6 Å². The number of hydrogen-bond donors (Lipinski definition) is 2. The third-order valence-corrected chi connectivity index (χ3v) is 2.43. The second-order valence-electron chi connectivity index (χ2n) is 2.76. The summed E-state index contributed by atoms with van der Waals surface area (Å²) in [6.07, 6.45) is 0. The van der Waals surface area contributed by atoms with Gasteiger partial charge in [0.05, 0.1) is 11.1 Å². The first-order chi connectivity index (χ1) is 6.43. The first-order valence-corrected chi connectivity index (χ1v) is 4.49. The minimum Gasteiger partial charge on any atom is -0.478 e. The van der Waals surface area contributed by atoms with Gasteiger partial charge in [-0.15, -0.1) is 0 Å². The Bertz CT molecular complexity index is 376. The summed E-state index contributed by atoms with van der Waals surface area (Å²) in [7, 11) is 1.56. The van der Waals surface area contributed by atoms with Gasteiger partial charge >= 0.3 is 11.9 Å². The highest BCUT2D eigenvalue weighted by molar-refractivity contribution is 9.10. The highest BCUT2D eigenvalue weighted by atomic mass is 79.9. The molecular formula is C8H6BBrO4. The topological polar surface area (TPSA) is 74.6 Å². The number of carbonyl (C=O) groups is 2. The van der Waals surface area contributed by atoms with E-state index in [-0.39, 0.29) is 15.6 Å². The Kier molecular flexibility index (Phi) is 2.95. The Morgan fingerprint density at radius 2 is 1.64 bits per heavy atom. The molecule has 2 N–H and O–H groups in total. The van der Waals surface area contributed by atoms with E-state index in [1.54, 1.807) is 7.85 Å². The van der Waals surface area contributed by atoms with Crippen LogP contribution in [0.25, 0.3) is 0 Å². The van der Waals surface area contributed by atoms with Crippen LogP contribution < -0.4 is 5.46 Å². The van der Waals surface area contributed by atoms with Crippen molar-refractivity contribution in [2.75, 3.05) is 0 Å². The molecule has 0 saturated carbocycles. The molecule has 0 atom stereocenters. The molecule has 0 heterocycles. The molecular weight excluding hydrogens is 251 g/mol. The van der Waals surface area contributed by atoms with Gasteiger partial charge < -0.3 is 10.2 Å². The lowest BCUT2D eigenvalue weighted by Gasteiger charge is -2.04. The summed E-state index contributed by atoms with van der Waals surface area (Å²) in [6.45, 7) is 0. The largest absolute Gasteiger partial charge is 0.478 e. The molecule has 0 aliphatic rings. The summed E-state index contributed by atoms with van der Waals surface area (Å²) in [5, 5.41) is 17.5. The maximum atomic E-state index is 10.7. The van der Waals surface area contributed by atoms with Gasteiger partial charge in [-0.1, -0.05) is 11.5 Å². The Morgan fingerprint density at radius 1 is 1.14 bits per heavy atom. The molecule has 0 bridgehead atoms. The van der Waals surface area contributed by atoms with E-state index in [2.05, 4.69) is 15.9 Å². The number of hydrogen-bond acceptors (Lipinski definition) is 2. The summed E-state index contributed by atoms with van der Waals surface area (Å²) in [4.78, 5) is 21.4. The summed E-state index contributed by atoms with van der Waals surface area (Å²) < 4.78 is 0.271. The van der Waals surface area contributed by atoms with Crippen LogP contribution in [0.4, 0.5) is 0 Å². The van der Waals surface area contributed by atoms with Crippen LogP contribution >= 0.6 is 15.9 Å². The van der Waals surface area contributed by atoms with Crippen molar-refractivity contribution < 1.29 is 19.8 Å². The molecule has 0 unspecified atom stereocenters. The Morgan fingerprint density at radius 3 is 2.07 bits per heavy atom. The number of halogens is 1. The molecule has 0 amide bonds. The molecule has 0 aliphatic heterocycles. The van der Waals surface area contributed by atoms with E-state index >= 15 is 0 Å². The van der Waals surface area contributed by atoms with Gasteiger partial charge in [0.1, 0.15) is 7.85 Å². The normalized spacial score (nSPS) is 9.79. The van der Waals surface area contributed by atoms with Crippen molar-refractivity contribution in [3.8, 4) is 0 Å². The number of rotatable bonds is 2. The summed E-state index contributed by atoms with van der Waals surface area (Å²) in [5.41, 5.74) is 0.590. The maximum absolute atomic E-state index is 10.7. The molecule has 6 heteroatoms. The van der Waals surface area contributed by atoms with Crippen molar-refractivity contribution in [1.82, 2.24) is 0 Å². The van der Waals surface area contributed by atoms with E-state index in [4.69, 9.17) is 10.2 Å². The Labute approximate surface area is 89.1 Å². The van der Waals surface area contributed by atoms with Gasteiger partial charge in [-0.05, 0) is 22.0 Å². The summed E-state index contributed by atoms with van der Waals surface area (Å²) in [6, 6.07) is 2.62. The second-order valence-corrected chi connectivity index (χ2v) is 3.61. The van der Waals surface area contributed by atoms with E-state index in [1.807, 2.05) is 0 Å². The Balaban J connectivity index is 3.38. The number of benzene rings is 1.